The zero-order chi connectivity index (χ0) is 8.39. The predicted molar refractivity (Wildman–Crippen MR) is 52.1 cm³/mol. The van der Waals surface area contributed by atoms with E-state index in [4.69, 9.17) is 0 Å². The van der Waals surface area contributed by atoms with Gasteiger partial charge in [0.15, 0.2) is 0 Å². The molecular weight excluding hydrogens is 146 g/mol. The lowest BCUT2D eigenvalue weighted by atomic mass is 9.92. The van der Waals surface area contributed by atoms with Gasteiger partial charge in [-0.05, 0) is 44.6 Å². The molecule has 0 bridgehead atoms. The number of fused-ring (bicyclic) bond motifs is 1. The van der Waals surface area contributed by atoms with Crippen molar-refractivity contribution in [3.05, 3.63) is 0 Å². The Kier molecular flexibility index (Phi) is 2.69. The maximum Gasteiger partial charge on any atom is 0.00642 e. The monoisotopic (exact) mass is 167 g/mol. The van der Waals surface area contributed by atoms with E-state index in [1.54, 1.807) is 0 Å². The number of hydrogen-bond donors (Lipinski definition) is 1. The van der Waals surface area contributed by atoms with Crippen LogP contribution in [0.15, 0.2) is 0 Å². The average molecular weight is 167 g/mol. The van der Waals surface area contributed by atoms with Crippen molar-refractivity contribution in [2.24, 2.45) is 11.8 Å². The zero-order valence-electron chi connectivity index (χ0n) is 8.18. The Morgan fingerprint density at radius 2 is 1.42 bits per heavy atom. The van der Waals surface area contributed by atoms with Crippen LogP contribution in [0.25, 0.3) is 0 Å². The van der Waals surface area contributed by atoms with Crippen molar-refractivity contribution in [1.82, 2.24) is 5.32 Å². The molecule has 0 radical (unpaired) electrons. The first-order chi connectivity index (χ1) is 5.90. The van der Waals surface area contributed by atoms with Gasteiger partial charge in [-0.25, -0.2) is 0 Å². The predicted octanol–water partition coefficient (Wildman–Crippen LogP) is 2.56. The Morgan fingerprint density at radius 1 is 0.833 bits per heavy atom. The molecule has 0 aromatic heterocycles. The Bertz CT molecular complexity index is 130. The van der Waals surface area contributed by atoms with E-state index in [2.05, 4.69) is 12.4 Å². The zero-order valence-corrected chi connectivity index (χ0v) is 8.18. The fraction of sp³-hybridized carbons (Fsp3) is 1.00. The van der Waals surface area contributed by atoms with E-state index < -0.39 is 0 Å². The standard InChI is InChI=1S/C11H21N/c1-12-11-7-5-9-3-2-4-10(9)6-8-11/h9-12H,2-8H2,1H3. The van der Waals surface area contributed by atoms with Crippen molar-refractivity contribution in [2.75, 3.05) is 7.05 Å². The van der Waals surface area contributed by atoms with Gasteiger partial charge >= 0.3 is 0 Å². The van der Waals surface area contributed by atoms with Crippen molar-refractivity contribution in [2.45, 2.75) is 51.0 Å². The second-order valence-corrected chi connectivity index (χ2v) is 4.59. The van der Waals surface area contributed by atoms with Gasteiger partial charge < -0.3 is 5.32 Å². The van der Waals surface area contributed by atoms with E-state index in [-0.39, 0.29) is 0 Å². The smallest absolute Gasteiger partial charge is 0.00642 e. The normalized spacial score (nSPS) is 42.2. The number of rotatable bonds is 1. The van der Waals surface area contributed by atoms with Crippen molar-refractivity contribution in [1.29, 1.82) is 0 Å². The molecule has 1 nitrogen and oxygen atoms in total. The molecule has 0 amide bonds. The Labute approximate surface area is 75.9 Å². The topological polar surface area (TPSA) is 12.0 Å². The summed E-state index contributed by atoms with van der Waals surface area (Å²) in [6, 6.07) is 0.829. The fourth-order valence-electron chi connectivity index (χ4n) is 3.14. The molecule has 2 aliphatic carbocycles. The minimum absolute atomic E-state index is 0.829. The summed E-state index contributed by atoms with van der Waals surface area (Å²) in [6.45, 7) is 0. The number of hydrogen-bond acceptors (Lipinski definition) is 1. The van der Waals surface area contributed by atoms with Gasteiger partial charge in [0.25, 0.3) is 0 Å². The third-order valence-electron chi connectivity index (χ3n) is 4.00. The lowest BCUT2D eigenvalue weighted by Gasteiger charge is -2.14. The van der Waals surface area contributed by atoms with Gasteiger partial charge in [0.2, 0.25) is 0 Å². The lowest BCUT2D eigenvalue weighted by molar-refractivity contribution is 0.367. The summed E-state index contributed by atoms with van der Waals surface area (Å²) in [5.74, 6) is 2.20. The second-order valence-electron chi connectivity index (χ2n) is 4.59. The van der Waals surface area contributed by atoms with Crippen LogP contribution in [-0.2, 0) is 0 Å². The molecule has 0 saturated heterocycles. The molecule has 0 spiro atoms. The molecule has 2 atom stereocenters. The van der Waals surface area contributed by atoms with Crippen LogP contribution in [0, 0.1) is 11.8 Å². The highest BCUT2D eigenvalue weighted by Crippen LogP contribution is 2.40. The molecular formula is C11H21N. The summed E-state index contributed by atoms with van der Waals surface area (Å²) in [4.78, 5) is 0. The van der Waals surface area contributed by atoms with Gasteiger partial charge in [0.1, 0.15) is 0 Å². The van der Waals surface area contributed by atoms with E-state index in [0.717, 1.165) is 17.9 Å². The summed E-state index contributed by atoms with van der Waals surface area (Å²) in [7, 11) is 2.12. The summed E-state index contributed by atoms with van der Waals surface area (Å²) >= 11 is 0. The lowest BCUT2D eigenvalue weighted by Crippen LogP contribution is -2.24. The van der Waals surface area contributed by atoms with E-state index in [9.17, 15) is 0 Å². The van der Waals surface area contributed by atoms with Crippen molar-refractivity contribution in [3.8, 4) is 0 Å². The van der Waals surface area contributed by atoms with Crippen LogP contribution in [-0.4, -0.2) is 13.1 Å². The fourth-order valence-corrected chi connectivity index (χ4v) is 3.14. The van der Waals surface area contributed by atoms with E-state index in [0.29, 0.717) is 0 Å². The maximum atomic E-state index is 3.43. The first-order valence-electron chi connectivity index (χ1n) is 5.57. The van der Waals surface area contributed by atoms with Crippen molar-refractivity contribution in [3.63, 3.8) is 0 Å². The number of nitrogens with one attached hydrogen (secondary N) is 1. The highest BCUT2D eigenvalue weighted by Gasteiger charge is 2.30. The molecule has 2 saturated carbocycles. The minimum Gasteiger partial charge on any atom is -0.317 e. The quantitative estimate of drug-likeness (QED) is 0.633. The Hall–Kier alpha value is -0.0400. The van der Waals surface area contributed by atoms with Crippen molar-refractivity contribution >= 4 is 0 Å². The third-order valence-corrected chi connectivity index (χ3v) is 4.00. The molecule has 2 unspecified atom stereocenters. The SMILES string of the molecule is CNC1CCC2CCCC2CC1. The minimum atomic E-state index is 0.829. The highest BCUT2D eigenvalue weighted by molar-refractivity contribution is 4.83. The van der Waals surface area contributed by atoms with E-state index in [1.807, 2.05) is 0 Å². The summed E-state index contributed by atoms with van der Waals surface area (Å²) in [6.07, 6.45) is 10.4. The molecule has 2 aliphatic rings. The van der Waals surface area contributed by atoms with Crippen molar-refractivity contribution < 1.29 is 0 Å². The van der Waals surface area contributed by atoms with Crippen LogP contribution in [0.1, 0.15) is 44.9 Å². The van der Waals surface area contributed by atoms with E-state index in [1.165, 1.54) is 44.9 Å². The molecule has 0 aromatic carbocycles. The van der Waals surface area contributed by atoms with Crippen LogP contribution in [0.4, 0.5) is 0 Å². The maximum absolute atomic E-state index is 3.43. The summed E-state index contributed by atoms with van der Waals surface area (Å²) in [5, 5.41) is 3.43. The Balaban J connectivity index is 1.90. The van der Waals surface area contributed by atoms with Gasteiger partial charge in [-0.3, -0.25) is 0 Å². The molecule has 2 fully saturated rings. The molecule has 2 rings (SSSR count). The van der Waals surface area contributed by atoms with Gasteiger partial charge in [-0.15, -0.1) is 0 Å². The van der Waals surface area contributed by atoms with Crippen LogP contribution < -0.4 is 5.32 Å². The largest absolute Gasteiger partial charge is 0.317 e. The third kappa shape index (κ3) is 1.66. The van der Waals surface area contributed by atoms with Gasteiger partial charge in [0.05, 0.1) is 0 Å². The molecule has 0 aliphatic heterocycles. The van der Waals surface area contributed by atoms with Crippen LogP contribution in [0.3, 0.4) is 0 Å². The van der Waals surface area contributed by atoms with Crippen LogP contribution >= 0.6 is 0 Å². The average Bonchev–Trinajstić information content (AvgIpc) is 2.46. The molecule has 12 heavy (non-hydrogen) atoms. The van der Waals surface area contributed by atoms with Crippen LogP contribution in [0.2, 0.25) is 0 Å². The molecule has 0 heterocycles. The molecule has 1 N–H and O–H groups in total. The van der Waals surface area contributed by atoms with Gasteiger partial charge in [-0.1, -0.05) is 19.3 Å². The first-order valence-corrected chi connectivity index (χ1v) is 5.57. The van der Waals surface area contributed by atoms with Gasteiger partial charge in [0, 0.05) is 6.04 Å². The molecule has 0 aromatic rings. The molecule has 70 valence electrons. The summed E-state index contributed by atoms with van der Waals surface area (Å²) < 4.78 is 0. The Morgan fingerprint density at radius 3 is 1.92 bits per heavy atom. The molecule has 1 heteroatoms. The summed E-state index contributed by atoms with van der Waals surface area (Å²) in [5.41, 5.74) is 0. The van der Waals surface area contributed by atoms with E-state index >= 15 is 0 Å². The van der Waals surface area contributed by atoms with Gasteiger partial charge in [-0.2, -0.15) is 0 Å². The second kappa shape index (κ2) is 3.78. The van der Waals surface area contributed by atoms with Crippen LogP contribution in [0.5, 0.6) is 0 Å². The highest BCUT2D eigenvalue weighted by atomic mass is 14.9. The first kappa shape index (κ1) is 8.55.